The van der Waals surface area contributed by atoms with Crippen LogP contribution < -0.4 is 4.74 Å². The average Bonchev–Trinajstić information content (AvgIpc) is 3.26. The van der Waals surface area contributed by atoms with Gasteiger partial charge in [-0.3, -0.25) is 5.10 Å². The topological polar surface area (TPSA) is 97.6 Å². The Balaban J connectivity index is 2.13. The van der Waals surface area contributed by atoms with Gasteiger partial charge in [0.15, 0.2) is 0 Å². The first-order valence-electron chi connectivity index (χ1n) is 8.12. The monoisotopic (exact) mass is 356 g/mol. The number of phenols is 1. The molecule has 0 radical (unpaired) electrons. The van der Waals surface area contributed by atoms with Crippen LogP contribution in [0.25, 0.3) is 22.4 Å². The number of benzene rings is 1. The lowest BCUT2D eigenvalue weighted by Crippen LogP contribution is -1.98. The highest BCUT2D eigenvalue weighted by molar-refractivity contribution is 5.91. The molecular formula is C19H20N2O5. The van der Waals surface area contributed by atoms with Gasteiger partial charge in [-0.1, -0.05) is 6.92 Å². The van der Waals surface area contributed by atoms with E-state index in [2.05, 4.69) is 10.2 Å². The van der Waals surface area contributed by atoms with Crippen molar-refractivity contribution in [2.24, 2.45) is 0 Å². The Morgan fingerprint density at radius 2 is 2.00 bits per heavy atom. The molecule has 0 aliphatic rings. The van der Waals surface area contributed by atoms with E-state index in [-0.39, 0.29) is 11.5 Å². The third-order valence-corrected chi connectivity index (χ3v) is 4.28. The van der Waals surface area contributed by atoms with E-state index in [0.717, 1.165) is 12.0 Å². The number of nitrogens with one attached hydrogen (secondary N) is 1. The molecule has 26 heavy (non-hydrogen) atoms. The third-order valence-electron chi connectivity index (χ3n) is 4.28. The van der Waals surface area contributed by atoms with E-state index in [4.69, 9.17) is 13.9 Å². The average molecular weight is 356 g/mol. The Hall–Kier alpha value is -3.22. The van der Waals surface area contributed by atoms with E-state index in [1.54, 1.807) is 32.4 Å². The van der Waals surface area contributed by atoms with Crippen molar-refractivity contribution in [3.8, 4) is 33.9 Å². The number of nitrogens with zero attached hydrogens (tertiary/aromatic N) is 1. The molecule has 0 amide bonds. The number of H-pyrrole nitrogens is 1. The molecule has 3 aromatic rings. The second-order valence-corrected chi connectivity index (χ2v) is 5.77. The number of methoxy groups -OCH3 is 2. The number of aromatic amines is 1. The maximum atomic E-state index is 11.7. The molecule has 3 rings (SSSR count). The molecule has 2 N–H and O–H groups in total. The van der Waals surface area contributed by atoms with Gasteiger partial charge in [-0.05, 0) is 31.0 Å². The van der Waals surface area contributed by atoms with E-state index >= 15 is 0 Å². The van der Waals surface area contributed by atoms with Crippen molar-refractivity contribution >= 4 is 5.97 Å². The molecule has 0 fully saturated rings. The van der Waals surface area contributed by atoms with Crippen molar-refractivity contribution in [3.05, 3.63) is 41.5 Å². The maximum Gasteiger partial charge on any atom is 0.373 e. The van der Waals surface area contributed by atoms with E-state index in [1.165, 1.54) is 7.11 Å². The minimum atomic E-state index is -0.551. The maximum absolute atomic E-state index is 11.7. The van der Waals surface area contributed by atoms with Gasteiger partial charge < -0.3 is 19.0 Å². The number of carbonyl (C=O) groups excluding carboxylic acids is 1. The minimum Gasteiger partial charge on any atom is -0.507 e. The number of aryl methyl sites for hydroxylation is 2. The zero-order valence-corrected chi connectivity index (χ0v) is 15.0. The largest absolute Gasteiger partial charge is 0.507 e. The summed E-state index contributed by atoms with van der Waals surface area (Å²) >= 11 is 0. The van der Waals surface area contributed by atoms with Gasteiger partial charge in [0.05, 0.1) is 26.1 Å². The lowest BCUT2D eigenvalue weighted by molar-refractivity contribution is 0.0563. The standard InChI is InChI=1S/C19H20N2O5/c1-5-11-6-13(15(22)8-16(11)24-3)18-14(9-20-21-18)12-7-17(19(23)25-4)26-10(12)2/h6-9,22H,5H2,1-4H3,(H,20,21). The van der Waals surface area contributed by atoms with Gasteiger partial charge in [-0.2, -0.15) is 5.10 Å². The predicted octanol–water partition coefficient (Wildman–Crippen LogP) is 3.71. The van der Waals surface area contributed by atoms with Crippen LogP contribution in [0.15, 0.2) is 28.8 Å². The van der Waals surface area contributed by atoms with Gasteiger partial charge in [-0.15, -0.1) is 0 Å². The lowest BCUT2D eigenvalue weighted by Gasteiger charge is -2.12. The van der Waals surface area contributed by atoms with Gasteiger partial charge in [0, 0.05) is 22.8 Å². The molecule has 2 aromatic heterocycles. The Labute approximate surface area is 150 Å². The highest BCUT2D eigenvalue weighted by atomic mass is 16.5. The summed E-state index contributed by atoms with van der Waals surface area (Å²) in [6.45, 7) is 3.76. The molecule has 0 bridgehead atoms. The summed E-state index contributed by atoms with van der Waals surface area (Å²) in [5.74, 6) is 0.809. The van der Waals surface area contributed by atoms with Crippen LogP contribution in [0, 0.1) is 6.92 Å². The number of aromatic hydroxyl groups is 1. The number of hydrogen-bond donors (Lipinski definition) is 2. The number of phenolic OH excluding ortho intramolecular Hbond substituents is 1. The molecule has 0 aliphatic heterocycles. The lowest BCUT2D eigenvalue weighted by atomic mass is 9.98. The minimum absolute atomic E-state index is 0.0684. The summed E-state index contributed by atoms with van der Waals surface area (Å²) in [5.41, 5.74) is 3.59. The van der Waals surface area contributed by atoms with Crippen LogP contribution in [0.4, 0.5) is 0 Å². The number of rotatable bonds is 5. The zero-order valence-electron chi connectivity index (χ0n) is 15.0. The highest BCUT2D eigenvalue weighted by Crippen LogP contribution is 2.40. The normalized spacial score (nSPS) is 10.8. The van der Waals surface area contributed by atoms with E-state index in [1.807, 2.05) is 13.0 Å². The highest BCUT2D eigenvalue weighted by Gasteiger charge is 2.21. The number of furan rings is 1. The summed E-state index contributed by atoms with van der Waals surface area (Å²) in [7, 11) is 2.86. The summed E-state index contributed by atoms with van der Waals surface area (Å²) < 4.78 is 15.5. The second kappa shape index (κ2) is 6.95. The van der Waals surface area contributed by atoms with Crippen LogP contribution in [0.3, 0.4) is 0 Å². The van der Waals surface area contributed by atoms with Crippen molar-refractivity contribution in [2.45, 2.75) is 20.3 Å². The number of ether oxygens (including phenoxy) is 2. The third kappa shape index (κ3) is 2.92. The Kier molecular flexibility index (Phi) is 4.71. The Morgan fingerprint density at radius 1 is 1.23 bits per heavy atom. The number of esters is 1. The fourth-order valence-corrected chi connectivity index (χ4v) is 2.93. The molecular weight excluding hydrogens is 336 g/mol. The fourth-order valence-electron chi connectivity index (χ4n) is 2.93. The zero-order chi connectivity index (χ0) is 18.8. The Morgan fingerprint density at radius 3 is 2.65 bits per heavy atom. The molecule has 1 aromatic carbocycles. The summed E-state index contributed by atoms with van der Waals surface area (Å²) in [6.07, 6.45) is 2.38. The smallest absolute Gasteiger partial charge is 0.373 e. The summed E-state index contributed by atoms with van der Waals surface area (Å²) in [5, 5.41) is 17.5. The number of carbonyl (C=O) groups is 1. The van der Waals surface area contributed by atoms with Gasteiger partial charge in [0.1, 0.15) is 17.3 Å². The van der Waals surface area contributed by atoms with Crippen LogP contribution in [0.2, 0.25) is 0 Å². The fraction of sp³-hybridized carbons (Fsp3) is 0.263. The molecule has 0 atom stereocenters. The van der Waals surface area contributed by atoms with E-state index < -0.39 is 5.97 Å². The van der Waals surface area contributed by atoms with Gasteiger partial charge in [0.2, 0.25) is 5.76 Å². The van der Waals surface area contributed by atoms with Crippen LogP contribution in [0.1, 0.15) is 28.8 Å². The van der Waals surface area contributed by atoms with E-state index in [0.29, 0.717) is 33.9 Å². The van der Waals surface area contributed by atoms with Crippen LogP contribution in [-0.4, -0.2) is 35.5 Å². The van der Waals surface area contributed by atoms with Gasteiger partial charge in [-0.25, -0.2) is 4.79 Å². The predicted molar refractivity (Wildman–Crippen MR) is 95.4 cm³/mol. The molecule has 7 nitrogen and oxygen atoms in total. The van der Waals surface area contributed by atoms with Crippen LogP contribution in [-0.2, 0) is 11.2 Å². The molecule has 0 saturated heterocycles. The van der Waals surface area contributed by atoms with Crippen molar-refractivity contribution in [1.29, 1.82) is 0 Å². The van der Waals surface area contributed by atoms with E-state index in [9.17, 15) is 9.90 Å². The molecule has 0 aliphatic carbocycles. The van der Waals surface area contributed by atoms with Crippen molar-refractivity contribution in [2.75, 3.05) is 14.2 Å². The van der Waals surface area contributed by atoms with Gasteiger partial charge >= 0.3 is 5.97 Å². The quantitative estimate of drug-likeness (QED) is 0.676. The van der Waals surface area contributed by atoms with Crippen molar-refractivity contribution in [1.82, 2.24) is 10.2 Å². The SMILES string of the molecule is CCc1cc(-c2[nH]ncc2-c2cc(C(=O)OC)oc2C)c(O)cc1OC. The second-order valence-electron chi connectivity index (χ2n) is 5.77. The number of hydrogen-bond acceptors (Lipinski definition) is 6. The number of aromatic nitrogens is 2. The first kappa shape index (κ1) is 17.6. The molecule has 136 valence electrons. The summed E-state index contributed by atoms with van der Waals surface area (Å²) in [6, 6.07) is 5.06. The molecule has 0 spiro atoms. The Bertz CT molecular complexity index is 955. The first-order chi connectivity index (χ1) is 12.5. The van der Waals surface area contributed by atoms with Crippen LogP contribution in [0.5, 0.6) is 11.5 Å². The molecule has 0 unspecified atom stereocenters. The van der Waals surface area contributed by atoms with Crippen LogP contribution >= 0.6 is 0 Å². The summed E-state index contributed by atoms with van der Waals surface area (Å²) in [4.78, 5) is 11.7. The molecule has 0 saturated carbocycles. The van der Waals surface area contributed by atoms with Gasteiger partial charge in [0.25, 0.3) is 0 Å². The molecule has 2 heterocycles. The van der Waals surface area contributed by atoms with Crippen molar-refractivity contribution < 1.29 is 23.8 Å². The first-order valence-corrected chi connectivity index (χ1v) is 8.12. The van der Waals surface area contributed by atoms with Crippen molar-refractivity contribution in [3.63, 3.8) is 0 Å². The molecule has 7 heteroatoms.